The molecule has 1 aliphatic heterocycles. The smallest absolute Gasteiger partial charge is 0.273 e. The topological polar surface area (TPSA) is 60.2 Å². The van der Waals surface area contributed by atoms with E-state index in [0.29, 0.717) is 37.6 Å². The molecule has 2 heterocycles. The fraction of sp³-hybridized carbons (Fsp3) is 0.312. The molecule has 1 fully saturated rings. The lowest BCUT2D eigenvalue weighted by atomic mass is 10.1. The number of hydrogen-bond donors (Lipinski definition) is 0. The minimum Gasteiger partial charge on any atom is -0.367 e. The van der Waals surface area contributed by atoms with Crippen molar-refractivity contribution in [2.75, 3.05) is 31.1 Å². The highest BCUT2D eigenvalue weighted by molar-refractivity contribution is 7.09. The van der Waals surface area contributed by atoms with Gasteiger partial charge in [0, 0.05) is 31.6 Å². The first kappa shape index (κ1) is 15.4. The third-order valence-corrected chi connectivity index (χ3v) is 4.62. The summed E-state index contributed by atoms with van der Waals surface area (Å²) in [6.07, 6.45) is 0. The maximum atomic E-state index is 13.7. The van der Waals surface area contributed by atoms with Crippen LogP contribution in [0.3, 0.4) is 0 Å². The first-order chi connectivity index (χ1) is 11.1. The van der Waals surface area contributed by atoms with E-state index in [1.54, 1.807) is 22.4 Å². The fourth-order valence-electron chi connectivity index (χ4n) is 2.66. The number of amides is 1. The normalized spacial score (nSPS) is 14.7. The first-order valence-corrected chi connectivity index (χ1v) is 8.13. The van der Waals surface area contributed by atoms with Crippen LogP contribution in [0.15, 0.2) is 23.6 Å². The van der Waals surface area contributed by atoms with Crippen LogP contribution in [0.5, 0.6) is 0 Å². The van der Waals surface area contributed by atoms with Crippen LogP contribution < -0.4 is 4.90 Å². The van der Waals surface area contributed by atoms with Crippen molar-refractivity contribution >= 4 is 22.9 Å². The van der Waals surface area contributed by atoms with Gasteiger partial charge in [0.25, 0.3) is 5.91 Å². The van der Waals surface area contributed by atoms with E-state index < -0.39 is 5.82 Å². The summed E-state index contributed by atoms with van der Waals surface area (Å²) in [6, 6.07) is 6.54. The van der Waals surface area contributed by atoms with E-state index in [9.17, 15) is 9.18 Å². The zero-order valence-corrected chi connectivity index (χ0v) is 13.4. The standard InChI is InChI=1S/C16H15FN4OS/c1-11-19-14(10-23-11)16(22)21-7-5-20(6-8-21)15-4-2-3-13(17)12(15)9-18/h2-4,10H,5-8H2,1H3. The van der Waals surface area contributed by atoms with Crippen molar-refractivity contribution in [3.05, 3.63) is 45.7 Å². The van der Waals surface area contributed by atoms with E-state index in [1.807, 2.05) is 17.9 Å². The zero-order chi connectivity index (χ0) is 16.4. The molecule has 0 aliphatic carbocycles. The number of nitrogens with zero attached hydrogens (tertiary/aromatic N) is 4. The zero-order valence-electron chi connectivity index (χ0n) is 12.6. The summed E-state index contributed by atoms with van der Waals surface area (Å²) in [6.45, 7) is 4.04. The average Bonchev–Trinajstić information content (AvgIpc) is 3.00. The molecule has 1 aromatic heterocycles. The number of benzene rings is 1. The molecule has 1 saturated heterocycles. The van der Waals surface area contributed by atoms with Gasteiger partial charge in [-0.3, -0.25) is 4.79 Å². The molecule has 1 amide bonds. The van der Waals surface area contributed by atoms with Crippen LogP contribution in [0.2, 0.25) is 0 Å². The molecule has 1 aliphatic rings. The quantitative estimate of drug-likeness (QED) is 0.848. The number of rotatable bonds is 2. The Labute approximate surface area is 137 Å². The number of piperazine rings is 1. The molecule has 0 bridgehead atoms. The minimum absolute atomic E-state index is 0.0578. The molecular formula is C16H15FN4OS. The number of carbonyl (C=O) groups is 1. The molecule has 0 atom stereocenters. The molecule has 0 unspecified atom stereocenters. The molecule has 0 saturated carbocycles. The number of nitriles is 1. The van der Waals surface area contributed by atoms with Gasteiger partial charge in [-0.05, 0) is 19.1 Å². The van der Waals surface area contributed by atoms with E-state index in [0.717, 1.165) is 5.01 Å². The van der Waals surface area contributed by atoms with Crippen LogP contribution in [-0.4, -0.2) is 42.0 Å². The summed E-state index contributed by atoms with van der Waals surface area (Å²) < 4.78 is 13.7. The van der Waals surface area contributed by atoms with Crippen molar-refractivity contribution in [1.82, 2.24) is 9.88 Å². The largest absolute Gasteiger partial charge is 0.367 e. The summed E-state index contributed by atoms with van der Waals surface area (Å²) >= 11 is 1.45. The van der Waals surface area contributed by atoms with Crippen molar-refractivity contribution in [2.45, 2.75) is 6.92 Å². The third-order valence-electron chi connectivity index (χ3n) is 3.85. The Balaban J connectivity index is 1.71. The highest BCUT2D eigenvalue weighted by Crippen LogP contribution is 2.24. The summed E-state index contributed by atoms with van der Waals surface area (Å²) in [4.78, 5) is 20.3. The Morgan fingerprint density at radius 3 is 2.70 bits per heavy atom. The van der Waals surface area contributed by atoms with Gasteiger partial charge in [0.2, 0.25) is 0 Å². The first-order valence-electron chi connectivity index (χ1n) is 7.25. The second-order valence-electron chi connectivity index (χ2n) is 5.28. The fourth-order valence-corrected chi connectivity index (χ4v) is 3.25. The number of halogens is 1. The predicted molar refractivity (Wildman–Crippen MR) is 86.1 cm³/mol. The van der Waals surface area contributed by atoms with Gasteiger partial charge < -0.3 is 9.80 Å². The van der Waals surface area contributed by atoms with Crippen molar-refractivity contribution in [3.8, 4) is 6.07 Å². The average molecular weight is 330 g/mol. The Morgan fingerprint density at radius 1 is 1.35 bits per heavy atom. The van der Waals surface area contributed by atoms with E-state index in [4.69, 9.17) is 5.26 Å². The van der Waals surface area contributed by atoms with Gasteiger partial charge in [0.05, 0.1) is 10.7 Å². The van der Waals surface area contributed by atoms with Crippen LogP contribution in [-0.2, 0) is 0 Å². The third kappa shape index (κ3) is 3.03. The molecule has 3 rings (SSSR count). The Bertz CT molecular complexity index is 775. The lowest BCUT2D eigenvalue weighted by Crippen LogP contribution is -2.49. The van der Waals surface area contributed by atoms with Crippen LogP contribution in [0.1, 0.15) is 21.1 Å². The van der Waals surface area contributed by atoms with E-state index in [2.05, 4.69) is 4.98 Å². The number of carbonyl (C=O) groups excluding carboxylic acids is 1. The van der Waals surface area contributed by atoms with Crippen molar-refractivity contribution < 1.29 is 9.18 Å². The predicted octanol–water partition coefficient (Wildman–Crippen LogP) is 2.42. The van der Waals surface area contributed by atoms with Crippen LogP contribution in [0, 0.1) is 24.1 Å². The molecule has 23 heavy (non-hydrogen) atoms. The number of aryl methyl sites for hydroxylation is 1. The Kier molecular flexibility index (Phi) is 4.26. The highest BCUT2D eigenvalue weighted by Gasteiger charge is 2.25. The lowest BCUT2D eigenvalue weighted by Gasteiger charge is -2.36. The van der Waals surface area contributed by atoms with Gasteiger partial charge in [0.15, 0.2) is 0 Å². The van der Waals surface area contributed by atoms with Crippen molar-refractivity contribution in [2.24, 2.45) is 0 Å². The van der Waals surface area contributed by atoms with E-state index >= 15 is 0 Å². The van der Waals surface area contributed by atoms with Gasteiger partial charge in [0.1, 0.15) is 23.1 Å². The van der Waals surface area contributed by atoms with E-state index in [1.165, 1.54) is 17.4 Å². The van der Waals surface area contributed by atoms with Gasteiger partial charge in [-0.15, -0.1) is 11.3 Å². The number of hydrogen-bond acceptors (Lipinski definition) is 5. The van der Waals surface area contributed by atoms with Crippen LogP contribution in [0.4, 0.5) is 10.1 Å². The van der Waals surface area contributed by atoms with Gasteiger partial charge in [-0.1, -0.05) is 6.07 Å². The molecule has 7 heteroatoms. The molecule has 118 valence electrons. The molecule has 0 spiro atoms. The van der Waals surface area contributed by atoms with Crippen molar-refractivity contribution in [3.63, 3.8) is 0 Å². The van der Waals surface area contributed by atoms with Gasteiger partial charge in [-0.2, -0.15) is 5.26 Å². The number of thiazole rings is 1. The molecule has 2 aromatic rings. The molecule has 1 aromatic carbocycles. The summed E-state index contributed by atoms with van der Waals surface area (Å²) in [5.41, 5.74) is 1.12. The molecule has 0 radical (unpaired) electrons. The van der Waals surface area contributed by atoms with E-state index in [-0.39, 0.29) is 11.5 Å². The highest BCUT2D eigenvalue weighted by atomic mass is 32.1. The van der Waals surface area contributed by atoms with Crippen LogP contribution >= 0.6 is 11.3 Å². The second-order valence-corrected chi connectivity index (χ2v) is 6.34. The summed E-state index contributed by atoms with van der Waals surface area (Å²) in [5, 5.41) is 11.8. The number of anilines is 1. The maximum absolute atomic E-state index is 13.7. The summed E-state index contributed by atoms with van der Waals surface area (Å²) in [5.74, 6) is -0.588. The van der Waals surface area contributed by atoms with Gasteiger partial charge in [-0.25, -0.2) is 9.37 Å². The number of aromatic nitrogens is 1. The SMILES string of the molecule is Cc1nc(C(=O)N2CCN(c3cccc(F)c3C#N)CC2)cs1. The Morgan fingerprint density at radius 2 is 2.09 bits per heavy atom. The summed E-state index contributed by atoms with van der Waals surface area (Å²) in [7, 11) is 0. The van der Waals surface area contributed by atoms with Crippen LogP contribution in [0.25, 0.3) is 0 Å². The van der Waals surface area contributed by atoms with Gasteiger partial charge >= 0.3 is 0 Å². The lowest BCUT2D eigenvalue weighted by molar-refractivity contribution is 0.0741. The maximum Gasteiger partial charge on any atom is 0.273 e. The second kappa shape index (κ2) is 6.34. The molecule has 5 nitrogen and oxygen atoms in total. The Hall–Kier alpha value is -2.46. The minimum atomic E-state index is -0.513. The molecular weight excluding hydrogens is 315 g/mol. The monoisotopic (exact) mass is 330 g/mol. The molecule has 0 N–H and O–H groups in total. The van der Waals surface area contributed by atoms with Crippen molar-refractivity contribution in [1.29, 1.82) is 5.26 Å².